The number of nitrogens with one attached hydrogen (secondary N) is 1. The summed E-state index contributed by atoms with van der Waals surface area (Å²) >= 11 is 0. The molecule has 1 aliphatic rings. The number of carbonyl (C=O) groups is 1. The number of hydrogen-bond donors (Lipinski definition) is 1. The summed E-state index contributed by atoms with van der Waals surface area (Å²) in [6, 6.07) is 12.0. The maximum atomic E-state index is 12.4. The summed E-state index contributed by atoms with van der Waals surface area (Å²) in [5.74, 6) is 0.733. The van der Waals surface area contributed by atoms with Gasteiger partial charge in [-0.05, 0) is 43.5 Å². The summed E-state index contributed by atoms with van der Waals surface area (Å²) < 4.78 is 5.73. The highest BCUT2D eigenvalue weighted by Crippen LogP contribution is 2.29. The molecule has 1 aliphatic heterocycles. The molecule has 0 bridgehead atoms. The van der Waals surface area contributed by atoms with E-state index in [1.807, 2.05) is 38.1 Å². The van der Waals surface area contributed by atoms with Crippen molar-refractivity contribution >= 4 is 11.6 Å². The van der Waals surface area contributed by atoms with Gasteiger partial charge >= 0.3 is 0 Å². The molecule has 2 aromatic carbocycles. The van der Waals surface area contributed by atoms with Crippen LogP contribution in [0, 0.1) is 20.8 Å². The summed E-state index contributed by atoms with van der Waals surface area (Å²) in [6.45, 7) is 6.09. The smallest absolute Gasteiger partial charge is 0.265 e. The molecule has 3 nitrogen and oxygen atoms in total. The highest BCUT2D eigenvalue weighted by molar-refractivity contribution is 5.96. The number of amides is 1. The molecule has 1 heterocycles. The third-order valence-electron chi connectivity index (χ3n) is 3.86. The zero-order chi connectivity index (χ0) is 15.0. The highest BCUT2D eigenvalue weighted by Gasteiger charge is 2.29. The van der Waals surface area contributed by atoms with Gasteiger partial charge in [0.05, 0.1) is 0 Å². The minimum atomic E-state index is -0.442. The zero-order valence-electron chi connectivity index (χ0n) is 12.6. The van der Waals surface area contributed by atoms with Gasteiger partial charge in [-0.1, -0.05) is 35.9 Å². The Bertz CT molecular complexity index is 658. The predicted molar refractivity (Wildman–Crippen MR) is 83.8 cm³/mol. The molecule has 3 rings (SSSR count). The van der Waals surface area contributed by atoms with Crippen LogP contribution in [-0.4, -0.2) is 12.0 Å². The Hall–Kier alpha value is -2.29. The van der Waals surface area contributed by atoms with Crippen LogP contribution in [0.3, 0.4) is 0 Å². The van der Waals surface area contributed by atoms with Gasteiger partial charge in [0, 0.05) is 12.1 Å². The summed E-state index contributed by atoms with van der Waals surface area (Å²) in [4.78, 5) is 12.4. The van der Waals surface area contributed by atoms with Gasteiger partial charge in [-0.2, -0.15) is 0 Å². The lowest BCUT2D eigenvalue weighted by Crippen LogP contribution is -2.32. The van der Waals surface area contributed by atoms with Gasteiger partial charge < -0.3 is 10.1 Å². The molecule has 108 valence electrons. The molecule has 0 spiro atoms. The minimum Gasteiger partial charge on any atom is -0.480 e. The zero-order valence-corrected chi connectivity index (χ0v) is 12.6. The monoisotopic (exact) mass is 281 g/mol. The lowest BCUT2D eigenvalue weighted by Gasteiger charge is -2.15. The van der Waals surface area contributed by atoms with Gasteiger partial charge in [0.1, 0.15) is 5.75 Å². The van der Waals surface area contributed by atoms with Crippen LogP contribution < -0.4 is 10.1 Å². The number of ether oxygens (including phenoxy) is 1. The van der Waals surface area contributed by atoms with Gasteiger partial charge in [-0.15, -0.1) is 0 Å². The third-order valence-corrected chi connectivity index (χ3v) is 3.86. The summed E-state index contributed by atoms with van der Waals surface area (Å²) in [5, 5.41) is 3.02. The van der Waals surface area contributed by atoms with E-state index < -0.39 is 6.10 Å². The second kappa shape index (κ2) is 5.24. The Labute approximate surface area is 124 Å². The van der Waals surface area contributed by atoms with Crippen molar-refractivity contribution in [2.45, 2.75) is 33.3 Å². The first kappa shape index (κ1) is 13.7. The molecule has 1 atom stereocenters. The van der Waals surface area contributed by atoms with Crippen molar-refractivity contribution in [3.05, 3.63) is 58.7 Å². The quantitative estimate of drug-likeness (QED) is 0.914. The molecular weight excluding hydrogens is 262 g/mol. The van der Waals surface area contributed by atoms with E-state index >= 15 is 0 Å². The average molecular weight is 281 g/mol. The number of rotatable bonds is 2. The molecule has 0 saturated carbocycles. The predicted octanol–water partition coefficient (Wildman–Crippen LogP) is 3.55. The van der Waals surface area contributed by atoms with Crippen molar-refractivity contribution < 1.29 is 9.53 Å². The van der Waals surface area contributed by atoms with Crippen molar-refractivity contribution in [3.8, 4) is 5.75 Å². The van der Waals surface area contributed by atoms with Gasteiger partial charge in [0.15, 0.2) is 6.10 Å². The van der Waals surface area contributed by atoms with Crippen LogP contribution in [0.25, 0.3) is 0 Å². The summed E-state index contributed by atoms with van der Waals surface area (Å²) in [6.07, 6.45) is 0.189. The number of benzene rings is 2. The fourth-order valence-corrected chi connectivity index (χ4v) is 2.91. The number of para-hydroxylation sites is 1. The van der Waals surface area contributed by atoms with Crippen LogP contribution in [0.2, 0.25) is 0 Å². The number of aryl methyl sites for hydroxylation is 3. The van der Waals surface area contributed by atoms with Crippen LogP contribution >= 0.6 is 0 Å². The van der Waals surface area contributed by atoms with Gasteiger partial charge in [0.2, 0.25) is 0 Å². The topological polar surface area (TPSA) is 38.3 Å². The molecule has 0 fully saturated rings. The fourth-order valence-electron chi connectivity index (χ4n) is 2.91. The number of fused-ring (bicyclic) bond motifs is 1. The molecule has 0 radical (unpaired) electrons. The fraction of sp³-hybridized carbons (Fsp3) is 0.278. The molecule has 0 aliphatic carbocycles. The minimum absolute atomic E-state index is 0.0822. The first-order valence-electron chi connectivity index (χ1n) is 7.18. The van der Waals surface area contributed by atoms with E-state index in [1.54, 1.807) is 0 Å². The molecule has 1 N–H and O–H groups in total. The van der Waals surface area contributed by atoms with E-state index in [1.165, 1.54) is 5.56 Å². The van der Waals surface area contributed by atoms with E-state index in [0.717, 1.165) is 28.1 Å². The van der Waals surface area contributed by atoms with E-state index in [4.69, 9.17) is 4.74 Å². The van der Waals surface area contributed by atoms with Crippen molar-refractivity contribution in [1.82, 2.24) is 0 Å². The van der Waals surface area contributed by atoms with Crippen LogP contribution in [0.15, 0.2) is 36.4 Å². The summed E-state index contributed by atoms with van der Waals surface area (Å²) in [5.41, 5.74) is 5.35. The van der Waals surface area contributed by atoms with Crippen LogP contribution in [-0.2, 0) is 11.2 Å². The van der Waals surface area contributed by atoms with Crippen molar-refractivity contribution in [1.29, 1.82) is 0 Å². The lowest BCUT2D eigenvalue weighted by molar-refractivity contribution is -0.122. The maximum Gasteiger partial charge on any atom is 0.265 e. The highest BCUT2D eigenvalue weighted by atomic mass is 16.5. The Kier molecular flexibility index (Phi) is 3.42. The molecular formula is C18H19NO2. The average Bonchev–Trinajstić information content (AvgIpc) is 2.86. The third kappa shape index (κ3) is 2.64. The standard InChI is InChI=1S/C18H19NO2/c1-11-8-12(2)17(13(3)9-11)19-18(20)16-10-14-6-4-5-7-15(14)21-16/h4-9,16H,10H2,1-3H3,(H,19,20)/t16-/m0/s1. The SMILES string of the molecule is Cc1cc(C)c(NC(=O)[C@@H]2Cc3ccccc3O2)c(C)c1. The Balaban J connectivity index is 1.77. The molecule has 2 aromatic rings. The van der Waals surface area contributed by atoms with E-state index in [2.05, 4.69) is 24.4 Å². The molecule has 1 amide bonds. The lowest BCUT2D eigenvalue weighted by atomic mass is 10.0. The van der Waals surface area contributed by atoms with E-state index in [0.29, 0.717) is 6.42 Å². The molecule has 0 aromatic heterocycles. The molecule has 0 unspecified atom stereocenters. The number of hydrogen-bond acceptors (Lipinski definition) is 2. The first-order valence-corrected chi connectivity index (χ1v) is 7.18. The molecule has 0 saturated heterocycles. The molecule has 21 heavy (non-hydrogen) atoms. The summed E-state index contributed by atoms with van der Waals surface area (Å²) in [7, 11) is 0. The number of anilines is 1. The van der Waals surface area contributed by atoms with Gasteiger partial charge in [0.25, 0.3) is 5.91 Å². The molecule has 3 heteroatoms. The van der Waals surface area contributed by atoms with Gasteiger partial charge in [-0.3, -0.25) is 4.79 Å². The largest absolute Gasteiger partial charge is 0.480 e. The number of carbonyl (C=O) groups excluding carboxylic acids is 1. The maximum absolute atomic E-state index is 12.4. The van der Waals surface area contributed by atoms with Crippen molar-refractivity contribution in [2.75, 3.05) is 5.32 Å². The Morgan fingerprint density at radius 3 is 2.48 bits per heavy atom. The second-order valence-corrected chi connectivity index (χ2v) is 5.68. The normalized spacial score (nSPS) is 16.2. The van der Waals surface area contributed by atoms with Crippen molar-refractivity contribution in [3.63, 3.8) is 0 Å². The Morgan fingerprint density at radius 1 is 1.14 bits per heavy atom. The van der Waals surface area contributed by atoms with E-state index in [-0.39, 0.29) is 5.91 Å². The van der Waals surface area contributed by atoms with Gasteiger partial charge in [-0.25, -0.2) is 0 Å². The van der Waals surface area contributed by atoms with E-state index in [9.17, 15) is 4.79 Å². The van der Waals surface area contributed by atoms with Crippen molar-refractivity contribution in [2.24, 2.45) is 0 Å². The van der Waals surface area contributed by atoms with Crippen LogP contribution in [0.1, 0.15) is 22.3 Å². The van der Waals surface area contributed by atoms with Crippen LogP contribution in [0.4, 0.5) is 5.69 Å². The first-order chi connectivity index (χ1) is 10.0. The van der Waals surface area contributed by atoms with Crippen LogP contribution in [0.5, 0.6) is 5.75 Å². The Morgan fingerprint density at radius 2 is 1.81 bits per heavy atom. The second-order valence-electron chi connectivity index (χ2n) is 5.68.